The highest BCUT2D eigenvalue weighted by Crippen LogP contribution is 2.30. The molecular formula is C12H14N2OS2. The lowest BCUT2D eigenvalue weighted by molar-refractivity contribution is 0.0768. The molecule has 1 saturated heterocycles. The summed E-state index contributed by atoms with van der Waals surface area (Å²) in [5.74, 6) is 0. The number of nitrogens with zero attached hydrogens (tertiary/aromatic N) is 1. The van der Waals surface area contributed by atoms with Crippen LogP contribution < -0.4 is 5.32 Å². The summed E-state index contributed by atoms with van der Waals surface area (Å²) in [6.07, 6.45) is 0. The van der Waals surface area contributed by atoms with Crippen molar-refractivity contribution in [2.45, 2.75) is 13.0 Å². The first-order valence-corrected chi connectivity index (χ1v) is 7.36. The first-order valence-electron chi connectivity index (χ1n) is 5.66. The Kier molecular flexibility index (Phi) is 3.24. The Balaban J connectivity index is 1.82. The number of hydrogen-bond donors (Lipinski definition) is 1. The summed E-state index contributed by atoms with van der Waals surface area (Å²) in [5, 5.41) is 6.70. The van der Waals surface area contributed by atoms with Gasteiger partial charge in [0.05, 0.1) is 29.8 Å². The van der Waals surface area contributed by atoms with Gasteiger partial charge in [0.25, 0.3) is 0 Å². The zero-order valence-electron chi connectivity index (χ0n) is 9.60. The van der Waals surface area contributed by atoms with E-state index in [-0.39, 0.29) is 6.04 Å². The second-order valence-corrected chi connectivity index (χ2v) is 6.24. The first kappa shape index (κ1) is 11.3. The van der Waals surface area contributed by atoms with Crippen molar-refractivity contribution in [1.29, 1.82) is 0 Å². The van der Waals surface area contributed by atoms with Crippen LogP contribution in [0.25, 0.3) is 10.6 Å². The molecule has 2 aromatic rings. The maximum Gasteiger partial charge on any atom is 0.113 e. The van der Waals surface area contributed by atoms with E-state index in [1.807, 2.05) is 0 Å². The van der Waals surface area contributed by atoms with E-state index < -0.39 is 0 Å². The summed E-state index contributed by atoms with van der Waals surface area (Å²) in [5.41, 5.74) is 1.09. The Hall–Kier alpha value is -0.750. The van der Waals surface area contributed by atoms with Gasteiger partial charge in [-0.05, 0) is 19.1 Å². The van der Waals surface area contributed by atoms with Gasteiger partial charge in [0, 0.05) is 16.8 Å². The van der Waals surface area contributed by atoms with Crippen molar-refractivity contribution in [3.8, 4) is 10.6 Å². The highest BCUT2D eigenvalue weighted by molar-refractivity contribution is 7.16. The maximum absolute atomic E-state index is 5.46. The highest BCUT2D eigenvalue weighted by Gasteiger charge is 2.19. The third kappa shape index (κ3) is 2.42. The van der Waals surface area contributed by atoms with Gasteiger partial charge >= 0.3 is 0 Å². The standard InChI is InChI=1S/C12H14N2OS2/c1-8-2-3-11(17-8)10-7-16-12(14-10)9-6-15-5-4-13-9/h2-3,7,9,13H,4-6H2,1H3. The summed E-state index contributed by atoms with van der Waals surface area (Å²) >= 11 is 3.51. The fraction of sp³-hybridized carbons (Fsp3) is 0.417. The average molecular weight is 266 g/mol. The first-order chi connectivity index (χ1) is 8.33. The monoisotopic (exact) mass is 266 g/mol. The second-order valence-electron chi connectivity index (χ2n) is 4.06. The molecule has 1 N–H and O–H groups in total. The number of thiazole rings is 1. The van der Waals surface area contributed by atoms with Gasteiger partial charge in [0.2, 0.25) is 0 Å². The molecule has 1 aliphatic heterocycles. The average Bonchev–Trinajstić information content (AvgIpc) is 2.98. The lowest BCUT2D eigenvalue weighted by Gasteiger charge is -2.21. The molecule has 0 radical (unpaired) electrons. The minimum atomic E-state index is 0.267. The van der Waals surface area contributed by atoms with E-state index in [2.05, 4.69) is 29.8 Å². The smallest absolute Gasteiger partial charge is 0.113 e. The number of nitrogens with one attached hydrogen (secondary N) is 1. The Morgan fingerprint density at radius 3 is 3.12 bits per heavy atom. The zero-order chi connectivity index (χ0) is 11.7. The predicted molar refractivity (Wildman–Crippen MR) is 71.7 cm³/mol. The molecule has 3 heterocycles. The summed E-state index contributed by atoms with van der Waals surface area (Å²) < 4.78 is 5.46. The van der Waals surface area contributed by atoms with Gasteiger partial charge < -0.3 is 10.1 Å². The van der Waals surface area contributed by atoms with Crippen molar-refractivity contribution >= 4 is 22.7 Å². The van der Waals surface area contributed by atoms with Crippen LogP contribution in [0.2, 0.25) is 0 Å². The van der Waals surface area contributed by atoms with E-state index in [1.54, 1.807) is 22.7 Å². The van der Waals surface area contributed by atoms with E-state index in [1.165, 1.54) is 9.75 Å². The van der Waals surface area contributed by atoms with Gasteiger partial charge in [-0.2, -0.15) is 0 Å². The third-order valence-corrected chi connectivity index (χ3v) is 4.72. The quantitative estimate of drug-likeness (QED) is 0.907. The Bertz CT molecular complexity index is 500. The van der Waals surface area contributed by atoms with E-state index >= 15 is 0 Å². The minimum Gasteiger partial charge on any atom is -0.378 e. The van der Waals surface area contributed by atoms with Crippen molar-refractivity contribution in [3.63, 3.8) is 0 Å². The maximum atomic E-state index is 5.46. The van der Waals surface area contributed by atoms with Crippen LogP contribution in [0.4, 0.5) is 0 Å². The van der Waals surface area contributed by atoms with Crippen LogP contribution in [0.15, 0.2) is 17.5 Å². The molecule has 2 aromatic heterocycles. The molecule has 0 aliphatic carbocycles. The van der Waals surface area contributed by atoms with Crippen LogP contribution >= 0.6 is 22.7 Å². The summed E-state index contributed by atoms with van der Waals surface area (Å²) in [4.78, 5) is 7.28. The number of morpholine rings is 1. The van der Waals surface area contributed by atoms with Crippen molar-refractivity contribution in [2.75, 3.05) is 19.8 Å². The van der Waals surface area contributed by atoms with Gasteiger partial charge in [-0.3, -0.25) is 0 Å². The van der Waals surface area contributed by atoms with Gasteiger partial charge in [-0.25, -0.2) is 4.98 Å². The third-order valence-electron chi connectivity index (χ3n) is 2.73. The molecular weight excluding hydrogens is 252 g/mol. The van der Waals surface area contributed by atoms with Crippen molar-refractivity contribution in [2.24, 2.45) is 0 Å². The lowest BCUT2D eigenvalue weighted by Crippen LogP contribution is -2.34. The summed E-state index contributed by atoms with van der Waals surface area (Å²) in [7, 11) is 0. The SMILES string of the molecule is Cc1ccc(-c2csc(C3COCCN3)n2)s1. The van der Waals surface area contributed by atoms with E-state index in [0.717, 1.165) is 30.5 Å². The Morgan fingerprint density at radius 1 is 1.47 bits per heavy atom. The molecule has 0 amide bonds. The molecule has 0 saturated carbocycles. The van der Waals surface area contributed by atoms with Gasteiger partial charge in [-0.15, -0.1) is 22.7 Å². The molecule has 1 fully saturated rings. The Labute approximate surface area is 108 Å². The number of aryl methyl sites for hydroxylation is 1. The molecule has 0 aromatic carbocycles. The number of rotatable bonds is 2. The van der Waals surface area contributed by atoms with Crippen LogP contribution in [0, 0.1) is 6.92 Å². The lowest BCUT2D eigenvalue weighted by atomic mass is 10.3. The molecule has 90 valence electrons. The highest BCUT2D eigenvalue weighted by atomic mass is 32.1. The van der Waals surface area contributed by atoms with Crippen LogP contribution in [-0.2, 0) is 4.74 Å². The largest absolute Gasteiger partial charge is 0.378 e. The zero-order valence-corrected chi connectivity index (χ0v) is 11.2. The number of thiophene rings is 1. The number of ether oxygens (including phenoxy) is 1. The Morgan fingerprint density at radius 2 is 2.41 bits per heavy atom. The molecule has 17 heavy (non-hydrogen) atoms. The fourth-order valence-electron chi connectivity index (χ4n) is 1.86. The van der Waals surface area contributed by atoms with E-state index in [4.69, 9.17) is 9.72 Å². The van der Waals surface area contributed by atoms with Crippen LogP contribution in [0.1, 0.15) is 15.9 Å². The van der Waals surface area contributed by atoms with Crippen molar-refractivity contribution in [1.82, 2.24) is 10.3 Å². The van der Waals surface area contributed by atoms with E-state index in [0.29, 0.717) is 0 Å². The molecule has 1 atom stereocenters. The molecule has 0 spiro atoms. The van der Waals surface area contributed by atoms with Gasteiger partial charge in [-0.1, -0.05) is 0 Å². The molecule has 1 aliphatic rings. The van der Waals surface area contributed by atoms with Gasteiger partial charge in [0.15, 0.2) is 0 Å². The van der Waals surface area contributed by atoms with Gasteiger partial charge in [0.1, 0.15) is 5.01 Å². The topological polar surface area (TPSA) is 34.1 Å². The second kappa shape index (κ2) is 4.86. The number of aromatic nitrogens is 1. The van der Waals surface area contributed by atoms with Crippen LogP contribution in [-0.4, -0.2) is 24.7 Å². The number of hydrogen-bond acceptors (Lipinski definition) is 5. The summed E-state index contributed by atoms with van der Waals surface area (Å²) in [6, 6.07) is 4.55. The minimum absolute atomic E-state index is 0.267. The molecule has 3 rings (SSSR count). The van der Waals surface area contributed by atoms with Crippen LogP contribution in [0.5, 0.6) is 0 Å². The van der Waals surface area contributed by atoms with Crippen LogP contribution in [0.3, 0.4) is 0 Å². The molecule has 1 unspecified atom stereocenters. The fourth-order valence-corrected chi connectivity index (χ4v) is 3.64. The molecule has 3 nitrogen and oxygen atoms in total. The molecule has 5 heteroatoms. The summed E-state index contributed by atoms with van der Waals surface area (Å²) in [6.45, 7) is 4.57. The van der Waals surface area contributed by atoms with E-state index in [9.17, 15) is 0 Å². The molecule has 0 bridgehead atoms. The van der Waals surface area contributed by atoms with Crippen molar-refractivity contribution < 1.29 is 4.74 Å². The normalized spacial score (nSPS) is 20.6. The van der Waals surface area contributed by atoms with Crippen molar-refractivity contribution in [3.05, 3.63) is 27.4 Å². The predicted octanol–water partition coefficient (Wildman–Crippen LogP) is 2.84.